The summed E-state index contributed by atoms with van der Waals surface area (Å²) in [5.74, 6) is 0.515. The number of likely N-dealkylation sites (tertiary alicyclic amines) is 2. The number of aliphatic hydroxyl groups is 3. The molecule has 2 amide bonds. The molecule has 0 spiro atoms. The van der Waals surface area contributed by atoms with Gasteiger partial charge in [0.2, 0.25) is 11.8 Å². The number of piperidine rings is 2. The van der Waals surface area contributed by atoms with Gasteiger partial charge < -0.3 is 30.4 Å². The molecule has 0 aromatic carbocycles. The Morgan fingerprint density at radius 3 is 1.56 bits per heavy atom. The first-order valence-electron chi connectivity index (χ1n) is 13.3. The van der Waals surface area contributed by atoms with E-state index in [4.69, 9.17) is 5.11 Å². The molecule has 2 aliphatic rings. The Kier molecular flexibility index (Phi) is 18.6. The van der Waals surface area contributed by atoms with E-state index in [1.165, 1.54) is 0 Å². The van der Waals surface area contributed by atoms with Crippen LogP contribution in [0.4, 0.5) is 0 Å². The van der Waals surface area contributed by atoms with Crippen molar-refractivity contribution in [3.05, 3.63) is 0 Å². The standard InChI is InChI=1S/C11H22N2O2.C11H21NO3.2C2H6/c1-9(2)10(15)13-6-4-11(8-14,12-3)5-7-13;1-3-9(2)10(14)12-6-4-11(15,8-13)5-7-12;2*1-2/h9,12,14H,4-8H2,1-3H3;9,13,15H,3-8H2,1-2H3;2*1-2H3. The van der Waals surface area contributed by atoms with Gasteiger partial charge in [-0.15, -0.1) is 0 Å². The molecule has 2 saturated heterocycles. The lowest BCUT2D eigenvalue weighted by atomic mass is 9.88. The second kappa shape index (κ2) is 18.1. The molecule has 204 valence electrons. The SMILES string of the molecule is CC.CC.CCC(C)C(=O)N1CCC(O)(CO)CC1.CNC1(CO)CCN(C(=O)C(C)C)CC1. The Morgan fingerprint density at radius 1 is 0.824 bits per heavy atom. The molecular formula is C26H55N3O5. The Morgan fingerprint density at radius 2 is 1.24 bits per heavy atom. The van der Waals surface area contributed by atoms with Gasteiger partial charge >= 0.3 is 0 Å². The molecule has 2 fully saturated rings. The summed E-state index contributed by atoms with van der Waals surface area (Å²) in [6, 6.07) is 0. The molecule has 0 saturated carbocycles. The minimum Gasteiger partial charge on any atom is -0.394 e. The van der Waals surface area contributed by atoms with E-state index in [1.807, 2.05) is 67.3 Å². The number of hydrogen-bond donors (Lipinski definition) is 4. The number of likely N-dealkylation sites (N-methyl/N-ethyl adjacent to an activating group) is 1. The van der Waals surface area contributed by atoms with Crippen LogP contribution in [0.5, 0.6) is 0 Å². The van der Waals surface area contributed by atoms with E-state index in [0.29, 0.717) is 25.9 Å². The zero-order valence-electron chi connectivity index (χ0n) is 23.5. The Bertz CT molecular complexity index is 535. The van der Waals surface area contributed by atoms with Crippen molar-refractivity contribution >= 4 is 11.8 Å². The quantitative estimate of drug-likeness (QED) is 0.456. The summed E-state index contributed by atoms with van der Waals surface area (Å²) in [5, 5.41) is 31.2. The van der Waals surface area contributed by atoms with Crippen LogP contribution in [0.2, 0.25) is 0 Å². The Hall–Kier alpha value is -1.22. The third kappa shape index (κ3) is 11.0. The Labute approximate surface area is 209 Å². The number of aliphatic hydroxyl groups excluding tert-OH is 2. The van der Waals surface area contributed by atoms with Crippen LogP contribution in [0.25, 0.3) is 0 Å². The number of rotatable bonds is 6. The van der Waals surface area contributed by atoms with Gasteiger partial charge in [-0.05, 0) is 39.2 Å². The number of nitrogens with zero attached hydrogens (tertiary/aromatic N) is 2. The maximum atomic E-state index is 11.8. The number of carbonyl (C=O) groups is 2. The van der Waals surface area contributed by atoms with Crippen molar-refractivity contribution in [1.82, 2.24) is 15.1 Å². The van der Waals surface area contributed by atoms with Crippen LogP contribution >= 0.6 is 0 Å². The van der Waals surface area contributed by atoms with Crippen molar-refractivity contribution in [1.29, 1.82) is 0 Å². The molecule has 0 radical (unpaired) electrons. The van der Waals surface area contributed by atoms with Crippen LogP contribution in [0, 0.1) is 11.8 Å². The van der Waals surface area contributed by atoms with E-state index in [1.54, 1.807) is 4.90 Å². The van der Waals surface area contributed by atoms with Crippen molar-refractivity contribution in [2.24, 2.45) is 11.8 Å². The average molecular weight is 490 g/mol. The third-order valence-electron chi connectivity index (χ3n) is 6.69. The highest BCUT2D eigenvalue weighted by atomic mass is 16.3. The summed E-state index contributed by atoms with van der Waals surface area (Å²) in [7, 11) is 1.87. The minimum absolute atomic E-state index is 0.0605. The fourth-order valence-corrected chi connectivity index (χ4v) is 3.80. The summed E-state index contributed by atoms with van der Waals surface area (Å²) < 4.78 is 0. The topological polar surface area (TPSA) is 113 Å². The molecule has 0 bridgehead atoms. The lowest BCUT2D eigenvalue weighted by molar-refractivity contribution is -0.140. The predicted molar refractivity (Wildman–Crippen MR) is 140 cm³/mol. The fourth-order valence-electron chi connectivity index (χ4n) is 3.80. The smallest absolute Gasteiger partial charge is 0.225 e. The number of nitrogens with one attached hydrogen (secondary N) is 1. The van der Waals surface area contributed by atoms with E-state index in [0.717, 1.165) is 32.4 Å². The van der Waals surface area contributed by atoms with Gasteiger partial charge in [-0.25, -0.2) is 0 Å². The van der Waals surface area contributed by atoms with E-state index in [-0.39, 0.29) is 42.4 Å². The molecule has 2 aliphatic heterocycles. The van der Waals surface area contributed by atoms with Crippen LogP contribution in [-0.4, -0.2) is 94.5 Å². The number of hydrogen-bond acceptors (Lipinski definition) is 6. The Balaban J connectivity index is 0. The molecule has 2 rings (SSSR count). The molecule has 4 N–H and O–H groups in total. The summed E-state index contributed by atoms with van der Waals surface area (Å²) in [6.07, 6.45) is 3.47. The second-order valence-corrected chi connectivity index (χ2v) is 9.19. The summed E-state index contributed by atoms with van der Waals surface area (Å²) in [6.45, 7) is 18.3. The van der Waals surface area contributed by atoms with Gasteiger partial charge in [-0.1, -0.05) is 55.4 Å². The first kappa shape index (κ1) is 34.9. The number of amides is 2. The van der Waals surface area contributed by atoms with Crippen LogP contribution in [-0.2, 0) is 9.59 Å². The van der Waals surface area contributed by atoms with E-state index < -0.39 is 5.60 Å². The predicted octanol–water partition coefficient (Wildman–Crippen LogP) is 2.65. The van der Waals surface area contributed by atoms with Gasteiger partial charge in [0.15, 0.2) is 0 Å². The molecule has 1 atom stereocenters. The van der Waals surface area contributed by atoms with E-state index >= 15 is 0 Å². The van der Waals surface area contributed by atoms with Crippen LogP contribution < -0.4 is 5.32 Å². The van der Waals surface area contributed by atoms with E-state index in [9.17, 15) is 19.8 Å². The highest BCUT2D eigenvalue weighted by Crippen LogP contribution is 2.23. The molecule has 0 aromatic rings. The summed E-state index contributed by atoms with van der Waals surface area (Å²) in [5.41, 5.74) is -1.14. The van der Waals surface area contributed by atoms with Crippen LogP contribution in [0.3, 0.4) is 0 Å². The third-order valence-corrected chi connectivity index (χ3v) is 6.69. The van der Waals surface area contributed by atoms with Crippen molar-refractivity contribution in [2.75, 3.05) is 46.4 Å². The van der Waals surface area contributed by atoms with Gasteiger partial charge in [-0.2, -0.15) is 0 Å². The zero-order valence-corrected chi connectivity index (χ0v) is 23.5. The van der Waals surface area contributed by atoms with Crippen molar-refractivity contribution < 1.29 is 24.9 Å². The van der Waals surface area contributed by atoms with Gasteiger partial charge in [0.1, 0.15) is 0 Å². The lowest BCUT2D eigenvalue weighted by Crippen LogP contribution is -2.55. The maximum absolute atomic E-state index is 11.8. The molecular weight excluding hydrogens is 434 g/mol. The average Bonchev–Trinajstić information content (AvgIpc) is 2.90. The first-order chi connectivity index (χ1) is 16.1. The van der Waals surface area contributed by atoms with Crippen LogP contribution in [0.15, 0.2) is 0 Å². The largest absolute Gasteiger partial charge is 0.394 e. The van der Waals surface area contributed by atoms with E-state index in [2.05, 4.69) is 5.32 Å². The highest BCUT2D eigenvalue weighted by Gasteiger charge is 2.35. The molecule has 2 heterocycles. The summed E-state index contributed by atoms with van der Waals surface area (Å²) in [4.78, 5) is 27.2. The first-order valence-corrected chi connectivity index (χ1v) is 13.3. The van der Waals surface area contributed by atoms with Gasteiger partial charge in [0.25, 0.3) is 0 Å². The normalized spacial score (nSPS) is 19.4. The monoisotopic (exact) mass is 489 g/mol. The van der Waals surface area contributed by atoms with Crippen molar-refractivity contribution in [2.45, 2.75) is 98.6 Å². The number of carbonyl (C=O) groups excluding carboxylic acids is 2. The highest BCUT2D eigenvalue weighted by molar-refractivity contribution is 5.78. The van der Waals surface area contributed by atoms with Gasteiger partial charge in [0.05, 0.1) is 18.8 Å². The second-order valence-electron chi connectivity index (χ2n) is 9.19. The molecule has 0 aromatic heterocycles. The molecule has 1 unspecified atom stereocenters. The van der Waals surface area contributed by atoms with Crippen LogP contribution in [0.1, 0.15) is 87.5 Å². The molecule has 8 nitrogen and oxygen atoms in total. The summed E-state index contributed by atoms with van der Waals surface area (Å²) >= 11 is 0. The van der Waals surface area contributed by atoms with Crippen molar-refractivity contribution in [3.63, 3.8) is 0 Å². The molecule has 0 aliphatic carbocycles. The zero-order chi connectivity index (χ0) is 26.9. The van der Waals surface area contributed by atoms with Gasteiger partial charge in [0, 0.05) is 43.6 Å². The van der Waals surface area contributed by atoms with Crippen molar-refractivity contribution in [3.8, 4) is 0 Å². The minimum atomic E-state index is -0.966. The fraction of sp³-hybridized carbons (Fsp3) is 0.923. The maximum Gasteiger partial charge on any atom is 0.225 e. The molecule has 34 heavy (non-hydrogen) atoms. The molecule has 8 heteroatoms. The van der Waals surface area contributed by atoms with Gasteiger partial charge in [-0.3, -0.25) is 9.59 Å². The lowest BCUT2D eigenvalue weighted by Gasteiger charge is -2.41.